The van der Waals surface area contributed by atoms with E-state index in [9.17, 15) is 9.90 Å². The normalized spacial score (nSPS) is 21.8. The molecule has 0 spiro atoms. The first-order valence-corrected chi connectivity index (χ1v) is 7.59. The third kappa shape index (κ3) is 3.33. The molecule has 0 radical (unpaired) electrons. The molecule has 0 bridgehead atoms. The number of aliphatic hydroxyl groups excluding tert-OH is 1. The van der Waals surface area contributed by atoms with Crippen molar-refractivity contribution in [3.05, 3.63) is 28.2 Å². The number of benzene rings is 1. The summed E-state index contributed by atoms with van der Waals surface area (Å²) < 4.78 is 5.85. The standard InChI is InChI=1S/C15H20BrNO3/c1-17(9-10-4-3-5-14(10)18)15(19)12-7-6-11(20-2)8-13(12)16/h6-8,10,14,18H,3-5,9H2,1-2H3. The second-order valence-electron chi connectivity index (χ2n) is 5.29. The first-order valence-electron chi connectivity index (χ1n) is 6.80. The van der Waals surface area contributed by atoms with Gasteiger partial charge in [-0.15, -0.1) is 0 Å². The Labute approximate surface area is 127 Å². The Balaban J connectivity index is 2.06. The van der Waals surface area contributed by atoms with Crippen LogP contribution in [0, 0.1) is 5.92 Å². The molecule has 1 saturated carbocycles. The average molecular weight is 342 g/mol. The van der Waals surface area contributed by atoms with Crippen LogP contribution in [-0.4, -0.2) is 42.7 Å². The molecule has 4 nitrogen and oxygen atoms in total. The van der Waals surface area contributed by atoms with Gasteiger partial charge in [-0.3, -0.25) is 4.79 Å². The van der Waals surface area contributed by atoms with E-state index in [0.717, 1.165) is 23.7 Å². The summed E-state index contributed by atoms with van der Waals surface area (Å²) in [5.74, 6) is 0.863. The number of carbonyl (C=O) groups is 1. The molecule has 2 atom stereocenters. The number of aliphatic hydroxyl groups is 1. The van der Waals surface area contributed by atoms with E-state index in [4.69, 9.17) is 4.74 Å². The number of hydrogen-bond donors (Lipinski definition) is 1. The number of amides is 1. The molecular formula is C15H20BrNO3. The van der Waals surface area contributed by atoms with Crippen LogP contribution in [0.1, 0.15) is 29.6 Å². The molecule has 1 aromatic carbocycles. The molecule has 0 aliphatic heterocycles. The molecule has 1 amide bonds. The molecule has 5 heteroatoms. The Bertz CT molecular complexity index is 492. The summed E-state index contributed by atoms with van der Waals surface area (Å²) in [6, 6.07) is 5.31. The molecule has 0 heterocycles. The minimum absolute atomic E-state index is 0.0429. The summed E-state index contributed by atoms with van der Waals surface area (Å²) in [6.07, 6.45) is 2.60. The maximum absolute atomic E-state index is 12.4. The average Bonchev–Trinajstić information content (AvgIpc) is 2.83. The highest BCUT2D eigenvalue weighted by Gasteiger charge is 2.28. The minimum Gasteiger partial charge on any atom is -0.497 e. The molecule has 20 heavy (non-hydrogen) atoms. The molecule has 1 aliphatic rings. The molecule has 1 aliphatic carbocycles. The Hall–Kier alpha value is -1.07. The summed E-state index contributed by atoms with van der Waals surface area (Å²) in [4.78, 5) is 14.1. The van der Waals surface area contributed by atoms with Crippen molar-refractivity contribution in [2.45, 2.75) is 25.4 Å². The van der Waals surface area contributed by atoms with Crippen LogP contribution in [0.25, 0.3) is 0 Å². The van der Waals surface area contributed by atoms with Gasteiger partial charge in [0.1, 0.15) is 5.75 Å². The molecule has 110 valence electrons. The van der Waals surface area contributed by atoms with Crippen molar-refractivity contribution in [2.24, 2.45) is 5.92 Å². The van der Waals surface area contributed by atoms with Crippen LogP contribution >= 0.6 is 15.9 Å². The fourth-order valence-corrected chi connectivity index (χ4v) is 3.19. The quantitative estimate of drug-likeness (QED) is 0.915. The van der Waals surface area contributed by atoms with Crippen molar-refractivity contribution in [3.8, 4) is 5.75 Å². The molecule has 1 aromatic rings. The zero-order valence-electron chi connectivity index (χ0n) is 11.8. The van der Waals surface area contributed by atoms with E-state index in [1.165, 1.54) is 0 Å². The maximum atomic E-state index is 12.4. The minimum atomic E-state index is -0.274. The smallest absolute Gasteiger partial charge is 0.254 e. The number of ether oxygens (including phenoxy) is 1. The fraction of sp³-hybridized carbons (Fsp3) is 0.533. The monoisotopic (exact) mass is 341 g/mol. The fourth-order valence-electron chi connectivity index (χ4n) is 2.67. The van der Waals surface area contributed by atoms with E-state index >= 15 is 0 Å². The second kappa shape index (κ2) is 6.59. The van der Waals surface area contributed by atoms with Crippen molar-refractivity contribution < 1.29 is 14.6 Å². The Kier molecular flexibility index (Phi) is 5.05. The van der Waals surface area contributed by atoms with Crippen molar-refractivity contribution in [2.75, 3.05) is 20.7 Å². The molecule has 0 aromatic heterocycles. The predicted octanol–water partition coefficient (Wildman–Crippen LogP) is 2.69. The molecule has 2 unspecified atom stereocenters. The van der Waals surface area contributed by atoms with Gasteiger partial charge in [0.15, 0.2) is 0 Å². The van der Waals surface area contributed by atoms with Gasteiger partial charge in [-0.2, -0.15) is 0 Å². The van der Waals surface area contributed by atoms with Crippen LogP contribution in [0.4, 0.5) is 0 Å². The van der Waals surface area contributed by atoms with Crippen molar-refractivity contribution in [3.63, 3.8) is 0 Å². The van der Waals surface area contributed by atoms with Crippen LogP contribution in [0.15, 0.2) is 22.7 Å². The molecular weight excluding hydrogens is 322 g/mol. The summed E-state index contributed by atoms with van der Waals surface area (Å²) in [5, 5.41) is 9.85. The van der Waals surface area contributed by atoms with E-state index in [1.807, 2.05) is 0 Å². The van der Waals surface area contributed by atoms with Crippen molar-refractivity contribution in [1.29, 1.82) is 0 Å². The van der Waals surface area contributed by atoms with Gasteiger partial charge in [0.05, 0.1) is 18.8 Å². The zero-order valence-corrected chi connectivity index (χ0v) is 13.4. The summed E-state index contributed by atoms with van der Waals surface area (Å²) in [7, 11) is 3.38. The maximum Gasteiger partial charge on any atom is 0.254 e. The first-order chi connectivity index (χ1) is 9.52. The van der Waals surface area contributed by atoms with Crippen LogP contribution in [0.3, 0.4) is 0 Å². The summed E-state index contributed by atoms with van der Waals surface area (Å²) in [5.41, 5.74) is 0.612. The van der Waals surface area contributed by atoms with Crippen LogP contribution in [-0.2, 0) is 0 Å². The van der Waals surface area contributed by atoms with Gasteiger partial charge in [0.2, 0.25) is 0 Å². The van der Waals surface area contributed by atoms with Gasteiger partial charge in [-0.05, 0) is 47.0 Å². The first kappa shape index (κ1) is 15.3. The van der Waals surface area contributed by atoms with Crippen molar-refractivity contribution in [1.82, 2.24) is 4.90 Å². The SMILES string of the molecule is COc1ccc(C(=O)N(C)CC2CCCC2O)c(Br)c1. The number of nitrogens with zero attached hydrogens (tertiary/aromatic N) is 1. The van der Waals surface area contributed by atoms with E-state index in [2.05, 4.69) is 15.9 Å². The van der Waals surface area contributed by atoms with Crippen LogP contribution in [0.2, 0.25) is 0 Å². The van der Waals surface area contributed by atoms with E-state index in [-0.39, 0.29) is 17.9 Å². The number of methoxy groups -OCH3 is 1. The van der Waals surface area contributed by atoms with Crippen LogP contribution < -0.4 is 4.74 Å². The third-order valence-electron chi connectivity index (χ3n) is 3.88. The van der Waals surface area contributed by atoms with E-state index in [1.54, 1.807) is 37.3 Å². The Morgan fingerprint density at radius 3 is 2.80 bits per heavy atom. The van der Waals surface area contributed by atoms with E-state index in [0.29, 0.717) is 17.9 Å². The topological polar surface area (TPSA) is 49.8 Å². The Morgan fingerprint density at radius 1 is 1.50 bits per heavy atom. The highest BCUT2D eigenvalue weighted by molar-refractivity contribution is 9.10. The van der Waals surface area contributed by atoms with Gasteiger partial charge < -0.3 is 14.7 Å². The number of carbonyl (C=O) groups excluding carboxylic acids is 1. The van der Waals surface area contributed by atoms with Crippen molar-refractivity contribution >= 4 is 21.8 Å². The molecule has 2 rings (SSSR count). The van der Waals surface area contributed by atoms with Gasteiger partial charge in [-0.25, -0.2) is 0 Å². The molecule has 0 saturated heterocycles. The van der Waals surface area contributed by atoms with E-state index < -0.39 is 0 Å². The highest BCUT2D eigenvalue weighted by atomic mass is 79.9. The molecule has 1 fully saturated rings. The zero-order chi connectivity index (χ0) is 14.7. The highest BCUT2D eigenvalue weighted by Crippen LogP contribution is 2.28. The molecule has 1 N–H and O–H groups in total. The second-order valence-corrected chi connectivity index (χ2v) is 6.14. The van der Waals surface area contributed by atoms with Crippen LogP contribution in [0.5, 0.6) is 5.75 Å². The van der Waals surface area contributed by atoms with Gasteiger partial charge >= 0.3 is 0 Å². The lowest BCUT2D eigenvalue weighted by molar-refractivity contribution is 0.0692. The third-order valence-corrected chi connectivity index (χ3v) is 4.54. The van der Waals surface area contributed by atoms with Gasteiger partial charge in [-0.1, -0.05) is 6.42 Å². The number of rotatable bonds is 4. The number of halogens is 1. The lowest BCUT2D eigenvalue weighted by atomic mass is 10.1. The number of hydrogen-bond acceptors (Lipinski definition) is 3. The predicted molar refractivity (Wildman–Crippen MR) is 81.0 cm³/mol. The summed E-state index contributed by atoms with van der Waals surface area (Å²) in [6.45, 7) is 0.596. The van der Waals surface area contributed by atoms with Gasteiger partial charge in [0.25, 0.3) is 5.91 Å². The lowest BCUT2D eigenvalue weighted by Gasteiger charge is -2.23. The van der Waals surface area contributed by atoms with Gasteiger partial charge in [0, 0.05) is 24.0 Å². The largest absolute Gasteiger partial charge is 0.497 e. The summed E-state index contributed by atoms with van der Waals surface area (Å²) >= 11 is 3.40. The Morgan fingerprint density at radius 2 is 2.25 bits per heavy atom. The lowest BCUT2D eigenvalue weighted by Crippen LogP contribution is -2.34.